The minimum Gasteiger partial charge on any atom is -0.507 e. The lowest BCUT2D eigenvalue weighted by Gasteiger charge is -2.07. The molecule has 0 aliphatic rings. The highest BCUT2D eigenvalue weighted by atomic mass is 35.5. The van der Waals surface area contributed by atoms with Crippen LogP contribution in [0.5, 0.6) is 11.5 Å². The van der Waals surface area contributed by atoms with Gasteiger partial charge in [-0.15, -0.1) is 0 Å². The van der Waals surface area contributed by atoms with E-state index in [1.165, 1.54) is 31.5 Å². The number of ether oxygens (including phenoxy) is 1. The van der Waals surface area contributed by atoms with E-state index in [0.29, 0.717) is 5.75 Å². The first-order valence-electron chi connectivity index (χ1n) is 5.27. The molecule has 0 aliphatic heterocycles. The van der Waals surface area contributed by atoms with Crippen molar-refractivity contribution in [2.75, 3.05) is 12.4 Å². The van der Waals surface area contributed by atoms with Gasteiger partial charge in [0.25, 0.3) is 5.91 Å². The Morgan fingerprint density at radius 2 is 2.21 bits per heavy atom. The number of hydrogen-bond donors (Lipinski definition) is 2. The zero-order valence-corrected chi connectivity index (χ0v) is 10.7. The zero-order chi connectivity index (χ0) is 13.8. The van der Waals surface area contributed by atoms with E-state index in [9.17, 15) is 9.90 Å². The van der Waals surface area contributed by atoms with Crippen LogP contribution in [0.4, 0.5) is 5.82 Å². The van der Waals surface area contributed by atoms with Gasteiger partial charge in [0.05, 0.1) is 12.7 Å². The number of anilines is 1. The largest absolute Gasteiger partial charge is 0.507 e. The molecule has 6 nitrogen and oxygen atoms in total. The van der Waals surface area contributed by atoms with Gasteiger partial charge in [-0.3, -0.25) is 4.79 Å². The van der Waals surface area contributed by atoms with Crippen molar-refractivity contribution in [3.05, 3.63) is 41.3 Å². The highest BCUT2D eigenvalue weighted by Gasteiger charge is 2.13. The summed E-state index contributed by atoms with van der Waals surface area (Å²) in [7, 11) is 1.47. The van der Waals surface area contributed by atoms with Crippen molar-refractivity contribution in [2.45, 2.75) is 0 Å². The molecule has 1 amide bonds. The van der Waals surface area contributed by atoms with Crippen molar-refractivity contribution >= 4 is 23.3 Å². The molecule has 2 aromatic rings. The molecule has 0 radical (unpaired) electrons. The Hall–Kier alpha value is -2.34. The second kappa shape index (κ2) is 5.53. The third-order valence-electron chi connectivity index (χ3n) is 2.32. The summed E-state index contributed by atoms with van der Waals surface area (Å²) in [5.41, 5.74) is 0.0779. The quantitative estimate of drug-likeness (QED) is 0.841. The molecule has 0 aliphatic carbocycles. The number of benzene rings is 1. The molecule has 0 atom stereocenters. The summed E-state index contributed by atoms with van der Waals surface area (Å²) in [6.45, 7) is 0. The van der Waals surface area contributed by atoms with E-state index < -0.39 is 5.91 Å². The van der Waals surface area contributed by atoms with Crippen molar-refractivity contribution in [2.24, 2.45) is 0 Å². The molecule has 98 valence electrons. The number of halogens is 1. The van der Waals surface area contributed by atoms with Gasteiger partial charge in [-0.1, -0.05) is 0 Å². The fourth-order valence-electron chi connectivity index (χ4n) is 1.41. The summed E-state index contributed by atoms with van der Waals surface area (Å²) in [5.74, 6) is 0.0282. The molecule has 0 spiro atoms. The number of phenolic OH excluding ortho intramolecular Hbond substituents is 1. The minimum atomic E-state index is -0.522. The van der Waals surface area contributed by atoms with Crippen LogP contribution in [0, 0.1) is 0 Å². The molecular formula is C12H10ClN3O3. The Morgan fingerprint density at radius 3 is 2.89 bits per heavy atom. The van der Waals surface area contributed by atoms with Crippen LogP contribution in [0.1, 0.15) is 10.4 Å². The van der Waals surface area contributed by atoms with Crippen molar-refractivity contribution in [3.63, 3.8) is 0 Å². The first-order chi connectivity index (χ1) is 9.10. The van der Waals surface area contributed by atoms with Crippen LogP contribution in [0.25, 0.3) is 0 Å². The first-order valence-corrected chi connectivity index (χ1v) is 5.65. The summed E-state index contributed by atoms with van der Waals surface area (Å²) in [4.78, 5) is 19.5. The van der Waals surface area contributed by atoms with Crippen LogP contribution >= 0.6 is 11.6 Å². The summed E-state index contributed by atoms with van der Waals surface area (Å²) in [6, 6.07) is 5.84. The monoisotopic (exact) mass is 279 g/mol. The standard InChI is InChI=1S/C12H10ClN3O3/c1-19-7-2-3-9(17)8(6-7)11(18)15-10-4-5-14-12(13)16-10/h2-6,17H,1H3,(H,14,15,16,18). The predicted octanol–water partition coefficient (Wildman–Crippen LogP) is 2.10. The maximum atomic E-state index is 12.0. The summed E-state index contributed by atoms with van der Waals surface area (Å²) >= 11 is 5.61. The van der Waals surface area contributed by atoms with E-state index in [-0.39, 0.29) is 22.4 Å². The summed E-state index contributed by atoms with van der Waals surface area (Å²) in [5, 5.41) is 12.2. The van der Waals surface area contributed by atoms with Gasteiger partial charge in [-0.2, -0.15) is 0 Å². The second-order valence-corrected chi connectivity index (χ2v) is 3.89. The Labute approximate surface area is 114 Å². The topological polar surface area (TPSA) is 84.3 Å². The average molecular weight is 280 g/mol. The zero-order valence-electron chi connectivity index (χ0n) is 9.92. The molecule has 0 unspecified atom stereocenters. The van der Waals surface area contributed by atoms with Crippen molar-refractivity contribution in [3.8, 4) is 11.5 Å². The highest BCUT2D eigenvalue weighted by molar-refractivity contribution is 6.28. The number of hydrogen-bond acceptors (Lipinski definition) is 5. The Morgan fingerprint density at radius 1 is 1.42 bits per heavy atom. The van der Waals surface area contributed by atoms with E-state index in [2.05, 4.69) is 15.3 Å². The number of amides is 1. The molecule has 1 heterocycles. The molecule has 19 heavy (non-hydrogen) atoms. The number of aromatic hydroxyl groups is 1. The number of phenols is 1. The maximum absolute atomic E-state index is 12.0. The van der Waals surface area contributed by atoms with Gasteiger partial charge in [0, 0.05) is 6.20 Å². The number of carbonyl (C=O) groups excluding carboxylic acids is 1. The number of rotatable bonds is 3. The van der Waals surface area contributed by atoms with Gasteiger partial charge in [-0.05, 0) is 35.9 Å². The van der Waals surface area contributed by atoms with Crippen LogP contribution in [0.3, 0.4) is 0 Å². The van der Waals surface area contributed by atoms with Crippen LogP contribution < -0.4 is 10.1 Å². The first kappa shape index (κ1) is 13.1. The van der Waals surface area contributed by atoms with Gasteiger partial charge in [0.15, 0.2) is 0 Å². The summed E-state index contributed by atoms with van der Waals surface area (Å²) in [6.07, 6.45) is 1.41. The van der Waals surface area contributed by atoms with Crippen LogP contribution in [-0.4, -0.2) is 28.1 Å². The van der Waals surface area contributed by atoms with Gasteiger partial charge >= 0.3 is 0 Å². The molecule has 0 bridgehead atoms. The van der Waals surface area contributed by atoms with Crippen LogP contribution in [-0.2, 0) is 0 Å². The maximum Gasteiger partial charge on any atom is 0.260 e. The lowest BCUT2D eigenvalue weighted by atomic mass is 10.1. The van der Waals surface area contributed by atoms with Crippen LogP contribution in [0.2, 0.25) is 5.28 Å². The molecular weight excluding hydrogens is 270 g/mol. The third kappa shape index (κ3) is 3.11. The Kier molecular flexibility index (Phi) is 3.82. The number of nitrogens with one attached hydrogen (secondary N) is 1. The highest BCUT2D eigenvalue weighted by Crippen LogP contribution is 2.23. The molecule has 2 N–H and O–H groups in total. The molecule has 0 saturated carbocycles. The lowest BCUT2D eigenvalue weighted by molar-refractivity contribution is 0.102. The van der Waals surface area contributed by atoms with E-state index in [1.807, 2.05) is 0 Å². The van der Waals surface area contributed by atoms with Crippen molar-refractivity contribution in [1.82, 2.24) is 9.97 Å². The van der Waals surface area contributed by atoms with E-state index in [1.54, 1.807) is 6.07 Å². The molecule has 1 aromatic heterocycles. The normalized spacial score (nSPS) is 10.0. The lowest BCUT2D eigenvalue weighted by Crippen LogP contribution is -2.13. The number of carbonyl (C=O) groups is 1. The molecule has 0 saturated heterocycles. The average Bonchev–Trinajstić information content (AvgIpc) is 2.39. The third-order valence-corrected chi connectivity index (χ3v) is 2.50. The van der Waals surface area contributed by atoms with E-state index in [0.717, 1.165) is 0 Å². The van der Waals surface area contributed by atoms with Crippen molar-refractivity contribution < 1.29 is 14.6 Å². The van der Waals surface area contributed by atoms with Gasteiger partial charge in [0.1, 0.15) is 17.3 Å². The van der Waals surface area contributed by atoms with Gasteiger partial charge in [0.2, 0.25) is 5.28 Å². The Balaban J connectivity index is 2.25. The molecule has 2 rings (SSSR count). The minimum absolute atomic E-state index is 0.0210. The van der Waals surface area contributed by atoms with Crippen LogP contribution in [0.15, 0.2) is 30.5 Å². The Bertz CT molecular complexity index is 619. The summed E-state index contributed by atoms with van der Waals surface area (Å²) < 4.78 is 4.99. The fraction of sp³-hybridized carbons (Fsp3) is 0.0833. The van der Waals surface area contributed by atoms with E-state index >= 15 is 0 Å². The molecule has 0 fully saturated rings. The van der Waals surface area contributed by atoms with E-state index in [4.69, 9.17) is 16.3 Å². The predicted molar refractivity (Wildman–Crippen MR) is 69.7 cm³/mol. The fourth-order valence-corrected chi connectivity index (χ4v) is 1.56. The van der Waals surface area contributed by atoms with Gasteiger partial charge < -0.3 is 15.2 Å². The SMILES string of the molecule is COc1ccc(O)c(C(=O)Nc2ccnc(Cl)n2)c1. The number of methoxy groups -OCH3 is 1. The second-order valence-electron chi connectivity index (χ2n) is 3.55. The smallest absolute Gasteiger partial charge is 0.260 e. The molecule has 1 aromatic carbocycles. The molecule has 7 heteroatoms. The number of aromatic nitrogens is 2. The van der Waals surface area contributed by atoms with Crippen molar-refractivity contribution in [1.29, 1.82) is 0 Å². The van der Waals surface area contributed by atoms with Gasteiger partial charge in [-0.25, -0.2) is 9.97 Å². The number of nitrogens with zero attached hydrogens (tertiary/aromatic N) is 2.